The summed E-state index contributed by atoms with van der Waals surface area (Å²) >= 11 is 1.78. The highest BCUT2D eigenvalue weighted by molar-refractivity contribution is 7.14. The van der Waals surface area contributed by atoms with E-state index in [4.69, 9.17) is 0 Å². The number of piperidine rings is 1. The van der Waals surface area contributed by atoms with E-state index in [-0.39, 0.29) is 6.03 Å². The third kappa shape index (κ3) is 3.12. The van der Waals surface area contributed by atoms with Crippen molar-refractivity contribution >= 4 is 22.4 Å². The van der Waals surface area contributed by atoms with Gasteiger partial charge in [-0.25, -0.2) is 4.79 Å². The third-order valence-electron chi connectivity index (χ3n) is 3.05. The van der Waals surface area contributed by atoms with Gasteiger partial charge in [0, 0.05) is 33.2 Å². The van der Waals surface area contributed by atoms with Crippen LogP contribution < -0.4 is 10.2 Å². The number of nitrogens with one attached hydrogen (secondary N) is 1. The van der Waals surface area contributed by atoms with Gasteiger partial charge in [-0.05, 0) is 30.4 Å². The minimum absolute atomic E-state index is 0.0135. The number of hydrogen-bond donors (Lipinski definition) is 1. The van der Waals surface area contributed by atoms with E-state index in [1.54, 1.807) is 30.3 Å². The number of nitrogens with zero attached hydrogens (tertiary/aromatic N) is 2. The first-order chi connectivity index (χ1) is 8.16. The molecular formula is C12H19N3OS. The lowest BCUT2D eigenvalue weighted by Gasteiger charge is -2.33. The topological polar surface area (TPSA) is 35.6 Å². The van der Waals surface area contributed by atoms with Gasteiger partial charge < -0.3 is 15.1 Å². The number of amides is 2. The Kier molecular flexibility index (Phi) is 3.89. The normalized spacial score (nSPS) is 16.9. The van der Waals surface area contributed by atoms with E-state index in [0.717, 1.165) is 25.9 Å². The molecule has 5 heteroatoms. The molecule has 1 fully saturated rings. The second-order valence-corrected chi connectivity index (χ2v) is 5.48. The van der Waals surface area contributed by atoms with Gasteiger partial charge in [0.1, 0.15) is 0 Å². The average molecular weight is 253 g/mol. The summed E-state index contributed by atoms with van der Waals surface area (Å²) in [5, 5.41) is 6.49. The number of carbonyl (C=O) groups is 1. The van der Waals surface area contributed by atoms with Gasteiger partial charge in [0.15, 0.2) is 0 Å². The molecule has 1 aliphatic heterocycles. The number of urea groups is 1. The highest BCUT2D eigenvalue weighted by atomic mass is 32.1. The lowest BCUT2D eigenvalue weighted by molar-refractivity contribution is 0.210. The molecule has 0 atom stereocenters. The number of hydrogen-bond acceptors (Lipinski definition) is 3. The van der Waals surface area contributed by atoms with Crippen molar-refractivity contribution in [2.75, 3.05) is 32.1 Å². The average Bonchev–Trinajstić information content (AvgIpc) is 2.83. The Morgan fingerprint density at radius 3 is 2.71 bits per heavy atom. The molecule has 1 N–H and O–H groups in total. The van der Waals surface area contributed by atoms with Crippen molar-refractivity contribution < 1.29 is 4.79 Å². The number of rotatable bonds is 2. The van der Waals surface area contributed by atoms with Gasteiger partial charge in [0.25, 0.3) is 0 Å². The van der Waals surface area contributed by atoms with Gasteiger partial charge in [-0.3, -0.25) is 0 Å². The van der Waals surface area contributed by atoms with Crippen LogP contribution in [-0.4, -0.2) is 44.2 Å². The third-order valence-corrected chi connectivity index (χ3v) is 3.98. The molecule has 2 rings (SSSR count). The summed E-state index contributed by atoms with van der Waals surface area (Å²) in [6.07, 6.45) is 2.05. The summed E-state index contributed by atoms with van der Waals surface area (Å²) in [5.74, 6) is 0. The van der Waals surface area contributed by atoms with Crippen LogP contribution in [0.2, 0.25) is 0 Å². The van der Waals surface area contributed by atoms with Gasteiger partial charge in [-0.15, -0.1) is 11.3 Å². The van der Waals surface area contributed by atoms with Gasteiger partial charge in [-0.1, -0.05) is 0 Å². The molecule has 94 valence electrons. The van der Waals surface area contributed by atoms with Crippen molar-refractivity contribution in [1.29, 1.82) is 0 Å². The summed E-state index contributed by atoms with van der Waals surface area (Å²) in [5.41, 5.74) is 0. The molecule has 0 bridgehead atoms. The smallest absolute Gasteiger partial charge is 0.317 e. The molecule has 1 aromatic rings. The Bertz CT molecular complexity index is 356. The Morgan fingerprint density at radius 1 is 1.47 bits per heavy atom. The van der Waals surface area contributed by atoms with Crippen LogP contribution in [0.15, 0.2) is 17.5 Å². The first-order valence-electron chi connectivity index (χ1n) is 5.93. The fourth-order valence-corrected chi connectivity index (χ4v) is 2.78. The van der Waals surface area contributed by atoms with Crippen LogP contribution in [0.5, 0.6) is 0 Å². The van der Waals surface area contributed by atoms with E-state index < -0.39 is 0 Å². The van der Waals surface area contributed by atoms with E-state index in [9.17, 15) is 4.79 Å². The molecule has 0 spiro atoms. The predicted molar refractivity (Wildman–Crippen MR) is 71.8 cm³/mol. The van der Waals surface area contributed by atoms with Crippen molar-refractivity contribution in [3.63, 3.8) is 0 Å². The first kappa shape index (κ1) is 12.2. The summed E-state index contributed by atoms with van der Waals surface area (Å²) in [6, 6.07) is 4.57. The summed E-state index contributed by atoms with van der Waals surface area (Å²) in [6.45, 7) is 2.05. The zero-order valence-corrected chi connectivity index (χ0v) is 11.2. The SMILES string of the molecule is CN(C)C(=O)NC1CCN(c2cccs2)CC1. The van der Waals surface area contributed by atoms with E-state index in [0.29, 0.717) is 6.04 Å². The van der Waals surface area contributed by atoms with Gasteiger partial charge >= 0.3 is 6.03 Å². The molecule has 0 aromatic carbocycles. The summed E-state index contributed by atoms with van der Waals surface area (Å²) < 4.78 is 0. The Labute approximate surface area is 106 Å². The monoisotopic (exact) mass is 253 g/mol. The summed E-state index contributed by atoms with van der Waals surface area (Å²) in [7, 11) is 3.55. The molecule has 0 aliphatic carbocycles. The quantitative estimate of drug-likeness (QED) is 0.875. The summed E-state index contributed by atoms with van der Waals surface area (Å²) in [4.78, 5) is 15.5. The Hall–Kier alpha value is -1.23. The van der Waals surface area contributed by atoms with Crippen LogP contribution >= 0.6 is 11.3 Å². The number of carbonyl (C=O) groups excluding carboxylic acids is 1. The van der Waals surface area contributed by atoms with Crippen LogP contribution in [0, 0.1) is 0 Å². The molecular weight excluding hydrogens is 234 g/mol. The van der Waals surface area contributed by atoms with E-state index in [1.807, 2.05) is 0 Å². The van der Waals surface area contributed by atoms with Crippen molar-refractivity contribution in [1.82, 2.24) is 10.2 Å². The second-order valence-electron chi connectivity index (χ2n) is 4.56. The minimum atomic E-state index is 0.0135. The van der Waals surface area contributed by atoms with Crippen LogP contribution in [0.1, 0.15) is 12.8 Å². The lowest BCUT2D eigenvalue weighted by Crippen LogP contribution is -2.47. The zero-order chi connectivity index (χ0) is 12.3. The highest BCUT2D eigenvalue weighted by Gasteiger charge is 2.21. The van der Waals surface area contributed by atoms with E-state index in [2.05, 4.69) is 27.7 Å². The molecule has 17 heavy (non-hydrogen) atoms. The molecule has 1 saturated heterocycles. The van der Waals surface area contributed by atoms with Gasteiger partial charge in [0.05, 0.1) is 5.00 Å². The lowest BCUT2D eigenvalue weighted by atomic mass is 10.1. The predicted octanol–water partition coefficient (Wildman–Crippen LogP) is 1.99. The van der Waals surface area contributed by atoms with Crippen LogP contribution in [0.3, 0.4) is 0 Å². The molecule has 1 aromatic heterocycles. The molecule has 0 radical (unpaired) electrons. The van der Waals surface area contributed by atoms with Crippen molar-refractivity contribution in [2.45, 2.75) is 18.9 Å². The van der Waals surface area contributed by atoms with E-state index >= 15 is 0 Å². The molecule has 2 amide bonds. The molecule has 1 aliphatic rings. The fraction of sp³-hybridized carbons (Fsp3) is 0.583. The van der Waals surface area contributed by atoms with Crippen molar-refractivity contribution in [3.8, 4) is 0 Å². The van der Waals surface area contributed by atoms with Crippen molar-refractivity contribution in [3.05, 3.63) is 17.5 Å². The molecule has 0 unspecified atom stereocenters. The van der Waals surface area contributed by atoms with Crippen LogP contribution in [-0.2, 0) is 0 Å². The minimum Gasteiger partial charge on any atom is -0.363 e. The number of thiophene rings is 1. The van der Waals surface area contributed by atoms with Crippen LogP contribution in [0.4, 0.5) is 9.80 Å². The van der Waals surface area contributed by atoms with Gasteiger partial charge in [0.2, 0.25) is 0 Å². The maximum Gasteiger partial charge on any atom is 0.317 e. The molecule has 2 heterocycles. The first-order valence-corrected chi connectivity index (χ1v) is 6.81. The Morgan fingerprint density at radius 2 is 2.18 bits per heavy atom. The van der Waals surface area contributed by atoms with Crippen LogP contribution in [0.25, 0.3) is 0 Å². The highest BCUT2D eigenvalue weighted by Crippen LogP contribution is 2.24. The second kappa shape index (κ2) is 5.40. The maximum atomic E-state index is 11.5. The maximum absolute atomic E-state index is 11.5. The van der Waals surface area contributed by atoms with Gasteiger partial charge in [-0.2, -0.15) is 0 Å². The zero-order valence-electron chi connectivity index (χ0n) is 10.3. The largest absolute Gasteiger partial charge is 0.363 e. The van der Waals surface area contributed by atoms with E-state index in [1.165, 1.54) is 5.00 Å². The fourth-order valence-electron chi connectivity index (χ4n) is 2.00. The molecule has 0 saturated carbocycles. The van der Waals surface area contributed by atoms with Crippen molar-refractivity contribution in [2.24, 2.45) is 0 Å². The standard InChI is InChI=1S/C12H19N3OS/c1-14(2)12(16)13-10-5-7-15(8-6-10)11-4-3-9-17-11/h3-4,9-10H,5-8H2,1-2H3,(H,13,16). The number of anilines is 1. The Balaban J connectivity index is 1.80. The molecule has 4 nitrogen and oxygen atoms in total.